The van der Waals surface area contributed by atoms with Crippen LogP contribution in [0, 0.1) is 5.92 Å². The maximum absolute atomic E-state index is 5.95. The lowest BCUT2D eigenvalue weighted by atomic mass is 9.93. The minimum absolute atomic E-state index is 0.276. The largest absolute Gasteiger partial charge is 0.493 e. The van der Waals surface area contributed by atoms with Gasteiger partial charge >= 0.3 is 0 Å². The average molecular weight is 354 g/mol. The van der Waals surface area contributed by atoms with Crippen molar-refractivity contribution >= 4 is 23.4 Å². The van der Waals surface area contributed by atoms with E-state index in [2.05, 4.69) is 45.1 Å². The maximum Gasteiger partial charge on any atom is 0.119 e. The molecule has 0 radical (unpaired) electrons. The standard InChI is InChI=1S/C22H24ClNO/c1-15(2)14-25-20-9-10-21-18(13-20)12-16(3)24-22(21)11-6-17-4-7-19(23)8-5-17/h4-11,13,15-16H,12,14H2,1-3H3. The molecule has 0 saturated carbocycles. The number of allylic oxidation sites excluding steroid dienone is 1. The Morgan fingerprint density at radius 3 is 2.64 bits per heavy atom. The van der Waals surface area contributed by atoms with Crippen molar-refractivity contribution < 1.29 is 4.74 Å². The van der Waals surface area contributed by atoms with Crippen LogP contribution in [-0.4, -0.2) is 18.4 Å². The lowest BCUT2D eigenvalue weighted by Gasteiger charge is -2.21. The number of hydrogen-bond donors (Lipinski definition) is 0. The topological polar surface area (TPSA) is 21.6 Å². The highest BCUT2D eigenvalue weighted by Crippen LogP contribution is 2.26. The zero-order valence-corrected chi connectivity index (χ0v) is 15.8. The van der Waals surface area contributed by atoms with Gasteiger partial charge < -0.3 is 4.74 Å². The average Bonchev–Trinajstić information content (AvgIpc) is 2.58. The second-order valence-corrected chi connectivity index (χ2v) is 7.41. The highest BCUT2D eigenvalue weighted by atomic mass is 35.5. The summed E-state index contributed by atoms with van der Waals surface area (Å²) >= 11 is 5.95. The van der Waals surface area contributed by atoms with Gasteiger partial charge in [-0.1, -0.05) is 43.7 Å². The number of benzene rings is 2. The molecule has 3 rings (SSSR count). The third-order valence-corrected chi connectivity index (χ3v) is 4.37. The van der Waals surface area contributed by atoms with E-state index < -0.39 is 0 Å². The SMILES string of the molecule is CC(C)COc1ccc2c(c1)CC(C)N=C2C=Cc1ccc(Cl)cc1. The first-order valence-electron chi connectivity index (χ1n) is 8.79. The fourth-order valence-corrected chi connectivity index (χ4v) is 3.02. The summed E-state index contributed by atoms with van der Waals surface area (Å²) < 4.78 is 5.87. The van der Waals surface area contributed by atoms with Gasteiger partial charge in [-0.2, -0.15) is 0 Å². The van der Waals surface area contributed by atoms with Gasteiger partial charge in [0.05, 0.1) is 18.4 Å². The minimum atomic E-state index is 0.276. The van der Waals surface area contributed by atoms with Gasteiger partial charge in [-0.15, -0.1) is 0 Å². The lowest BCUT2D eigenvalue weighted by molar-refractivity contribution is 0.271. The number of ether oxygens (including phenoxy) is 1. The van der Waals surface area contributed by atoms with E-state index in [1.165, 1.54) is 11.1 Å². The highest BCUT2D eigenvalue weighted by molar-refractivity contribution is 6.30. The molecule has 0 N–H and O–H groups in total. The van der Waals surface area contributed by atoms with E-state index in [0.717, 1.165) is 35.1 Å². The number of fused-ring (bicyclic) bond motifs is 1. The molecule has 1 aliphatic heterocycles. The van der Waals surface area contributed by atoms with Crippen LogP contribution in [0.1, 0.15) is 37.5 Å². The van der Waals surface area contributed by atoms with Crippen LogP contribution >= 0.6 is 11.6 Å². The molecule has 0 aliphatic carbocycles. The zero-order chi connectivity index (χ0) is 17.8. The molecule has 0 bridgehead atoms. The Morgan fingerprint density at radius 1 is 1.16 bits per heavy atom. The summed E-state index contributed by atoms with van der Waals surface area (Å²) in [7, 11) is 0. The van der Waals surface area contributed by atoms with Crippen LogP contribution in [0.2, 0.25) is 5.02 Å². The number of aliphatic imine (C=N–C) groups is 1. The van der Waals surface area contributed by atoms with Crippen LogP contribution in [0.4, 0.5) is 0 Å². The van der Waals surface area contributed by atoms with Gasteiger partial charge in [0, 0.05) is 10.6 Å². The van der Waals surface area contributed by atoms with E-state index in [1.54, 1.807) is 0 Å². The van der Waals surface area contributed by atoms with E-state index >= 15 is 0 Å². The van der Waals surface area contributed by atoms with Crippen LogP contribution in [0.15, 0.2) is 53.5 Å². The van der Waals surface area contributed by atoms with Crippen molar-refractivity contribution in [3.05, 3.63) is 70.3 Å². The van der Waals surface area contributed by atoms with Gasteiger partial charge in [0.25, 0.3) is 0 Å². The summed E-state index contributed by atoms with van der Waals surface area (Å²) in [4.78, 5) is 4.82. The van der Waals surface area contributed by atoms with E-state index in [1.807, 2.05) is 30.3 Å². The summed E-state index contributed by atoms with van der Waals surface area (Å²) in [6, 6.07) is 14.4. The second kappa shape index (κ2) is 7.88. The summed E-state index contributed by atoms with van der Waals surface area (Å²) in [6.07, 6.45) is 5.12. The molecule has 1 aliphatic rings. The molecule has 25 heavy (non-hydrogen) atoms. The van der Waals surface area contributed by atoms with Crippen molar-refractivity contribution in [3.8, 4) is 5.75 Å². The number of rotatable bonds is 5. The minimum Gasteiger partial charge on any atom is -0.493 e. The molecule has 1 atom stereocenters. The molecular formula is C22H24ClNO. The Hall–Kier alpha value is -2.06. The summed E-state index contributed by atoms with van der Waals surface area (Å²) in [5, 5.41) is 0.750. The Morgan fingerprint density at radius 2 is 1.92 bits per heavy atom. The third-order valence-electron chi connectivity index (χ3n) is 4.11. The van der Waals surface area contributed by atoms with Crippen molar-refractivity contribution in [3.63, 3.8) is 0 Å². The molecule has 130 valence electrons. The van der Waals surface area contributed by atoms with Crippen LogP contribution in [-0.2, 0) is 6.42 Å². The molecule has 2 nitrogen and oxygen atoms in total. The molecule has 1 unspecified atom stereocenters. The summed E-state index contributed by atoms with van der Waals surface area (Å²) in [6.45, 7) is 7.21. The highest BCUT2D eigenvalue weighted by Gasteiger charge is 2.17. The second-order valence-electron chi connectivity index (χ2n) is 6.98. The number of hydrogen-bond acceptors (Lipinski definition) is 2. The van der Waals surface area contributed by atoms with Crippen LogP contribution in [0.3, 0.4) is 0 Å². The Kier molecular flexibility index (Phi) is 5.60. The van der Waals surface area contributed by atoms with E-state index in [0.29, 0.717) is 5.92 Å². The van der Waals surface area contributed by atoms with Crippen LogP contribution in [0.5, 0.6) is 5.75 Å². The molecular weight excluding hydrogens is 330 g/mol. The smallest absolute Gasteiger partial charge is 0.119 e. The van der Waals surface area contributed by atoms with Gasteiger partial charge in [-0.05, 0) is 66.8 Å². The maximum atomic E-state index is 5.95. The first kappa shape index (κ1) is 17.8. The van der Waals surface area contributed by atoms with Gasteiger partial charge in [-0.25, -0.2) is 0 Å². The van der Waals surface area contributed by atoms with Crippen molar-refractivity contribution in [2.24, 2.45) is 10.9 Å². The van der Waals surface area contributed by atoms with Gasteiger partial charge in [0.15, 0.2) is 0 Å². The Balaban J connectivity index is 1.83. The van der Waals surface area contributed by atoms with Crippen molar-refractivity contribution in [1.82, 2.24) is 0 Å². The quantitative estimate of drug-likeness (QED) is 0.663. The Bertz CT molecular complexity index is 790. The van der Waals surface area contributed by atoms with Crippen molar-refractivity contribution in [2.45, 2.75) is 33.2 Å². The lowest BCUT2D eigenvalue weighted by Crippen LogP contribution is -2.17. The van der Waals surface area contributed by atoms with Gasteiger partial charge in [-0.3, -0.25) is 4.99 Å². The monoisotopic (exact) mass is 353 g/mol. The fourth-order valence-electron chi connectivity index (χ4n) is 2.89. The van der Waals surface area contributed by atoms with E-state index in [-0.39, 0.29) is 6.04 Å². The molecule has 0 aromatic heterocycles. The summed E-state index contributed by atoms with van der Waals surface area (Å²) in [5.74, 6) is 1.47. The van der Waals surface area contributed by atoms with Gasteiger partial charge in [0.2, 0.25) is 0 Å². The predicted octanol–water partition coefficient (Wildman–Crippen LogP) is 5.82. The molecule has 1 heterocycles. The van der Waals surface area contributed by atoms with Crippen LogP contribution < -0.4 is 4.74 Å². The molecule has 2 aromatic carbocycles. The van der Waals surface area contributed by atoms with E-state index in [4.69, 9.17) is 21.3 Å². The molecule has 0 saturated heterocycles. The molecule has 3 heteroatoms. The Labute approximate surface area is 155 Å². The molecule has 0 spiro atoms. The molecule has 2 aromatic rings. The third kappa shape index (κ3) is 4.73. The first-order valence-corrected chi connectivity index (χ1v) is 9.16. The first-order chi connectivity index (χ1) is 12.0. The number of nitrogens with zero attached hydrogens (tertiary/aromatic N) is 1. The fraction of sp³-hybridized carbons (Fsp3) is 0.318. The van der Waals surface area contributed by atoms with Crippen molar-refractivity contribution in [2.75, 3.05) is 6.61 Å². The summed E-state index contributed by atoms with van der Waals surface area (Å²) in [5.41, 5.74) is 4.64. The van der Waals surface area contributed by atoms with Crippen LogP contribution in [0.25, 0.3) is 6.08 Å². The predicted molar refractivity (Wildman–Crippen MR) is 107 cm³/mol. The molecule has 0 amide bonds. The van der Waals surface area contributed by atoms with Crippen molar-refractivity contribution in [1.29, 1.82) is 0 Å². The van der Waals surface area contributed by atoms with Gasteiger partial charge in [0.1, 0.15) is 5.75 Å². The zero-order valence-electron chi connectivity index (χ0n) is 15.0. The number of halogens is 1. The molecule has 0 fully saturated rings. The normalized spacial score (nSPS) is 16.8. The van der Waals surface area contributed by atoms with E-state index in [9.17, 15) is 0 Å².